The van der Waals surface area contributed by atoms with Gasteiger partial charge in [-0.2, -0.15) is 0 Å². The summed E-state index contributed by atoms with van der Waals surface area (Å²) in [7, 11) is 0. The van der Waals surface area contributed by atoms with Crippen LogP contribution in [0.4, 0.5) is 10.5 Å². The van der Waals surface area contributed by atoms with Crippen LogP contribution >= 0.6 is 11.6 Å². The van der Waals surface area contributed by atoms with E-state index in [4.69, 9.17) is 16.3 Å². The zero-order valence-corrected chi connectivity index (χ0v) is 14.3. The Bertz CT molecular complexity index is 666. The van der Waals surface area contributed by atoms with E-state index in [-0.39, 0.29) is 18.5 Å². The molecule has 1 aliphatic heterocycles. The molecule has 24 heavy (non-hydrogen) atoms. The van der Waals surface area contributed by atoms with Gasteiger partial charge in [-0.05, 0) is 37.8 Å². The Labute approximate surface area is 145 Å². The third-order valence-electron chi connectivity index (χ3n) is 5.07. The third kappa shape index (κ3) is 2.90. The van der Waals surface area contributed by atoms with E-state index in [0.29, 0.717) is 36.0 Å². The minimum Gasteiger partial charge on any atom is -0.494 e. The number of benzene rings is 1. The van der Waals surface area contributed by atoms with Crippen molar-refractivity contribution in [2.45, 2.75) is 26.2 Å². The van der Waals surface area contributed by atoms with Crippen molar-refractivity contribution in [2.75, 3.05) is 25.0 Å². The van der Waals surface area contributed by atoms with E-state index >= 15 is 0 Å². The first-order valence-electron chi connectivity index (χ1n) is 8.18. The number of carboxylic acid groups (broad SMARTS) is 1. The topological polar surface area (TPSA) is 78.9 Å². The molecule has 2 fully saturated rings. The molecule has 6 nitrogen and oxygen atoms in total. The molecule has 0 unspecified atom stereocenters. The number of hydrogen-bond acceptors (Lipinski definition) is 3. The number of fused-ring (bicyclic) bond motifs is 1. The fourth-order valence-electron chi connectivity index (χ4n) is 3.84. The van der Waals surface area contributed by atoms with Crippen LogP contribution in [0.3, 0.4) is 0 Å². The summed E-state index contributed by atoms with van der Waals surface area (Å²) in [5.74, 6) is -0.139. The summed E-state index contributed by atoms with van der Waals surface area (Å²) >= 11 is 6.14. The molecule has 0 radical (unpaired) electrons. The Morgan fingerprint density at radius 3 is 2.96 bits per heavy atom. The van der Waals surface area contributed by atoms with Crippen LogP contribution in [-0.2, 0) is 4.79 Å². The molecule has 0 aromatic heterocycles. The van der Waals surface area contributed by atoms with Crippen LogP contribution in [0.2, 0.25) is 5.02 Å². The number of aliphatic carboxylic acids is 1. The summed E-state index contributed by atoms with van der Waals surface area (Å²) in [6.45, 7) is 3.12. The van der Waals surface area contributed by atoms with E-state index in [1.54, 1.807) is 23.1 Å². The van der Waals surface area contributed by atoms with Crippen molar-refractivity contribution in [3.8, 4) is 5.75 Å². The average molecular weight is 353 g/mol. The second-order valence-corrected chi connectivity index (χ2v) is 6.84. The van der Waals surface area contributed by atoms with Crippen LogP contribution in [0.15, 0.2) is 18.2 Å². The fourth-order valence-corrected chi connectivity index (χ4v) is 4.01. The van der Waals surface area contributed by atoms with Gasteiger partial charge in [0.1, 0.15) is 5.75 Å². The molecule has 1 saturated heterocycles. The monoisotopic (exact) mass is 352 g/mol. The van der Waals surface area contributed by atoms with Crippen molar-refractivity contribution < 1.29 is 19.4 Å². The van der Waals surface area contributed by atoms with Gasteiger partial charge in [-0.1, -0.05) is 18.0 Å². The van der Waals surface area contributed by atoms with Crippen LogP contribution in [-0.4, -0.2) is 41.7 Å². The van der Waals surface area contributed by atoms with Gasteiger partial charge < -0.3 is 20.1 Å². The highest BCUT2D eigenvalue weighted by Crippen LogP contribution is 2.49. The molecular weight excluding hydrogens is 332 g/mol. The average Bonchev–Trinajstić information content (AvgIpc) is 3.09. The molecule has 2 atom stereocenters. The van der Waals surface area contributed by atoms with Crippen LogP contribution in [0, 0.1) is 11.3 Å². The van der Waals surface area contributed by atoms with Gasteiger partial charge in [0.05, 0.1) is 22.7 Å². The molecule has 2 N–H and O–H groups in total. The van der Waals surface area contributed by atoms with Crippen molar-refractivity contribution in [2.24, 2.45) is 11.3 Å². The molecule has 1 aromatic carbocycles. The summed E-state index contributed by atoms with van der Waals surface area (Å²) in [5, 5.41) is 12.8. The van der Waals surface area contributed by atoms with E-state index in [2.05, 4.69) is 5.32 Å². The molecule has 0 spiro atoms. The predicted molar refractivity (Wildman–Crippen MR) is 90.6 cm³/mol. The number of anilines is 1. The quantitative estimate of drug-likeness (QED) is 0.869. The van der Waals surface area contributed by atoms with Gasteiger partial charge in [-0.3, -0.25) is 4.79 Å². The maximum Gasteiger partial charge on any atom is 0.321 e. The van der Waals surface area contributed by atoms with Crippen molar-refractivity contribution in [1.82, 2.24) is 4.90 Å². The van der Waals surface area contributed by atoms with Gasteiger partial charge in [-0.15, -0.1) is 0 Å². The number of ether oxygens (including phenoxy) is 1. The number of nitrogens with one attached hydrogen (secondary N) is 1. The second-order valence-electron chi connectivity index (χ2n) is 6.44. The number of carboxylic acids is 1. The molecule has 1 saturated carbocycles. The van der Waals surface area contributed by atoms with Crippen molar-refractivity contribution in [3.05, 3.63) is 23.2 Å². The minimum absolute atomic E-state index is 0.0333. The molecule has 1 heterocycles. The number of urea groups is 1. The Kier molecular flexibility index (Phi) is 4.58. The van der Waals surface area contributed by atoms with E-state index in [0.717, 1.165) is 12.8 Å². The lowest BCUT2D eigenvalue weighted by molar-refractivity contribution is -0.149. The lowest BCUT2D eigenvalue weighted by Gasteiger charge is -2.23. The molecule has 3 rings (SSSR count). The van der Waals surface area contributed by atoms with Gasteiger partial charge >= 0.3 is 12.0 Å². The lowest BCUT2D eigenvalue weighted by atomic mass is 9.81. The maximum absolute atomic E-state index is 12.6. The van der Waals surface area contributed by atoms with Gasteiger partial charge in [0, 0.05) is 19.2 Å². The number of hydrogen-bond donors (Lipinski definition) is 2. The van der Waals surface area contributed by atoms with E-state index < -0.39 is 11.4 Å². The predicted octanol–water partition coefficient (Wildman–Crippen LogP) is 3.46. The largest absolute Gasteiger partial charge is 0.494 e. The summed E-state index contributed by atoms with van der Waals surface area (Å²) in [6, 6.07) is 4.76. The fraction of sp³-hybridized carbons (Fsp3) is 0.529. The Balaban J connectivity index is 1.72. The van der Waals surface area contributed by atoms with E-state index in [1.807, 2.05) is 6.92 Å². The summed E-state index contributed by atoms with van der Waals surface area (Å²) < 4.78 is 5.42. The summed E-state index contributed by atoms with van der Waals surface area (Å²) in [4.78, 5) is 25.8. The SMILES string of the molecule is CCOc1ccc(Cl)c(NC(=O)N2C[C@@H]3CCC[C@@]3(C(=O)O)C2)c1. The lowest BCUT2D eigenvalue weighted by Crippen LogP contribution is -2.38. The van der Waals surface area contributed by atoms with E-state index in [1.165, 1.54) is 0 Å². The third-order valence-corrected chi connectivity index (χ3v) is 5.40. The molecule has 7 heteroatoms. The van der Waals surface area contributed by atoms with E-state index in [9.17, 15) is 14.7 Å². The highest BCUT2D eigenvalue weighted by Gasteiger charge is 2.55. The second kappa shape index (κ2) is 6.51. The Morgan fingerprint density at radius 2 is 2.29 bits per heavy atom. The zero-order valence-electron chi connectivity index (χ0n) is 13.5. The molecule has 130 valence electrons. The number of likely N-dealkylation sites (tertiary alicyclic amines) is 1. The number of carbonyl (C=O) groups is 2. The highest BCUT2D eigenvalue weighted by atomic mass is 35.5. The first kappa shape index (κ1) is 16.9. The number of amides is 2. The number of rotatable bonds is 4. The standard InChI is InChI=1S/C17H21ClN2O4/c1-2-24-12-5-6-13(18)14(8-12)19-16(23)20-9-11-4-3-7-17(11,10-20)15(21)22/h5-6,8,11H,2-4,7,9-10H2,1H3,(H,19,23)(H,21,22)/t11-,17+/m0/s1. The van der Waals surface area contributed by atoms with Gasteiger partial charge in [0.2, 0.25) is 0 Å². The van der Waals surface area contributed by atoms with Crippen molar-refractivity contribution >= 4 is 29.3 Å². The van der Waals surface area contributed by atoms with Gasteiger partial charge in [-0.25, -0.2) is 4.79 Å². The van der Waals surface area contributed by atoms with Crippen molar-refractivity contribution in [3.63, 3.8) is 0 Å². The van der Waals surface area contributed by atoms with Gasteiger partial charge in [0.25, 0.3) is 0 Å². The number of nitrogens with zero attached hydrogens (tertiary/aromatic N) is 1. The highest BCUT2D eigenvalue weighted by molar-refractivity contribution is 6.33. The van der Waals surface area contributed by atoms with Crippen LogP contribution in [0.5, 0.6) is 5.75 Å². The van der Waals surface area contributed by atoms with Crippen LogP contribution in [0.1, 0.15) is 26.2 Å². The smallest absolute Gasteiger partial charge is 0.321 e. The molecule has 1 aromatic rings. The van der Waals surface area contributed by atoms with Gasteiger partial charge in [0.15, 0.2) is 0 Å². The minimum atomic E-state index is -0.795. The number of carbonyl (C=O) groups excluding carboxylic acids is 1. The van der Waals surface area contributed by atoms with Crippen LogP contribution < -0.4 is 10.1 Å². The molecule has 1 aliphatic carbocycles. The molecular formula is C17H21ClN2O4. The van der Waals surface area contributed by atoms with Crippen molar-refractivity contribution in [1.29, 1.82) is 0 Å². The Morgan fingerprint density at radius 1 is 1.50 bits per heavy atom. The first-order chi connectivity index (χ1) is 11.5. The summed E-state index contributed by atoms with van der Waals surface area (Å²) in [5.41, 5.74) is -0.317. The zero-order chi connectivity index (χ0) is 17.3. The molecule has 0 bridgehead atoms. The Hall–Kier alpha value is -1.95. The summed E-state index contributed by atoms with van der Waals surface area (Å²) in [6.07, 6.45) is 2.41. The molecule has 2 amide bonds. The normalized spacial score (nSPS) is 25.4. The number of halogens is 1. The van der Waals surface area contributed by atoms with Crippen LogP contribution in [0.25, 0.3) is 0 Å². The maximum atomic E-state index is 12.6. The first-order valence-corrected chi connectivity index (χ1v) is 8.56. The molecule has 2 aliphatic rings.